The van der Waals surface area contributed by atoms with Crippen molar-refractivity contribution >= 4 is 11.8 Å². The molecule has 5 rings (SSSR count). The molecule has 9 heteroatoms. The number of nitrogens with one attached hydrogen (secondary N) is 1. The van der Waals surface area contributed by atoms with Crippen LogP contribution in [0.3, 0.4) is 0 Å². The molecule has 2 aliphatic heterocycles. The van der Waals surface area contributed by atoms with Crippen molar-refractivity contribution < 1.29 is 23.1 Å². The quantitative estimate of drug-likeness (QED) is 0.542. The third kappa shape index (κ3) is 4.73. The summed E-state index contributed by atoms with van der Waals surface area (Å²) in [5, 5.41) is 2.55. The number of carbonyl (C=O) groups is 2. The van der Waals surface area contributed by atoms with Gasteiger partial charge in [0.2, 0.25) is 5.43 Å². The molecule has 1 N–H and O–H groups in total. The number of carbonyl (C=O) groups excluding carboxylic acids is 2. The van der Waals surface area contributed by atoms with Gasteiger partial charge in [-0.25, -0.2) is 8.78 Å². The second kappa shape index (κ2) is 10.2. The zero-order valence-electron chi connectivity index (χ0n) is 20.4. The van der Waals surface area contributed by atoms with Gasteiger partial charge in [-0.15, -0.1) is 0 Å². The van der Waals surface area contributed by atoms with Crippen LogP contribution in [-0.4, -0.2) is 33.9 Å². The number of hydrogen-bond acceptors (Lipinski definition) is 4. The summed E-state index contributed by atoms with van der Waals surface area (Å²) in [6, 6.07) is 12.0. The van der Waals surface area contributed by atoms with Crippen LogP contribution in [0, 0.1) is 11.6 Å². The van der Waals surface area contributed by atoms with Crippen LogP contribution in [0.2, 0.25) is 0 Å². The summed E-state index contributed by atoms with van der Waals surface area (Å²) in [6.45, 7) is 2.37. The number of nitrogens with zero attached hydrogens (tertiary/aromatic N) is 2. The number of fused-ring (bicyclic) bond motifs is 4. The molecule has 1 saturated heterocycles. The topological polar surface area (TPSA) is 80.6 Å². The van der Waals surface area contributed by atoms with Crippen molar-refractivity contribution in [2.45, 2.75) is 51.4 Å². The SMILES string of the molecule is C[C@H]1[C@H]2CCCCN1C(=O)c1c(OCc3ccccc3)c(=O)c(C(=O)NCc3ccc(F)cc3F)cn12. The molecule has 2 bridgehead atoms. The first-order valence-electron chi connectivity index (χ1n) is 12.3. The van der Waals surface area contributed by atoms with Crippen molar-refractivity contribution in [2.24, 2.45) is 0 Å². The molecule has 3 aromatic rings. The third-order valence-corrected chi connectivity index (χ3v) is 7.14. The number of pyridine rings is 1. The molecule has 1 fully saturated rings. The van der Waals surface area contributed by atoms with E-state index in [9.17, 15) is 23.2 Å². The monoisotopic (exact) mass is 507 g/mol. The summed E-state index contributed by atoms with van der Waals surface area (Å²) in [5.41, 5.74) is 0.118. The minimum Gasteiger partial charge on any atom is -0.483 e. The fraction of sp³-hybridized carbons (Fsp3) is 0.321. The smallest absolute Gasteiger partial charge is 0.274 e. The molecule has 192 valence electrons. The molecule has 0 spiro atoms. The number of benzene rings is 2. The van der Waals surface area contributed by atoms with Crippen LogP contribution in [-0.2, 0) is 13.2 Å². The molecular weight excluding hydrogens is 480 g/mol. The Labute approximate surface area is 212 Å². The van der Waals surface area contributed by atoms with Crippen molar-refractivity contribution in [3.05, 3.63) is 99.0 Å². The molecule has 0 unspecified atom stereocenters. The number of aromatic nitrogens is 1. The highest BCUT2D eigenvalue weighted by atomic mass is 19.1. The van der Waals surface area contributed by atoms with Gasteiger partial charge >= 0.3 is 0 Å². The molecule has 37 heavy (non-hydrogen) atoms. The highest BCUT2D eigenvalue weighted by molar-refractivity contribution is 5.99. The van der Waals surface area contributed by atoms with E-state index in [1.54, 1.807) is 9.47 Å². The van der Waals surface area contributed by atoms with Crippen LogP contribution in [0.5, 0.6) is 5.75 Å². The maximum atomic E-state index is 14.1. The molecule has 2 aromatic carbocycles. The molecule has 7 nitrogen and oxygen atoms in total. The highest BCUT2D eigenvalue weighted by Crippen LogP contribution is 2.36. The van der Waals surface area contributed by atoms with E-state index in [1.807, 2.05) is 37.3 Å². The van der Waals surface area contributed by atoms with E-state index in [2.05, 4.69) is 5.32 Å². The summed E-state index contributed by atoms with van der Waals surface area (Å²) in [7, 11) is 0. The van der Waals surface area contributed by atoms with E-state index in [0.717, 1.165) is 37.0 Å². The summed E-state index contributed by atoms with van der Waals surface area (Å²) in [4.78, 5) is 42.0. The average molecular weight is 508 g/mol. The Morgan fingerprint density at radius 1 is 1.11 bits per heavy atom. The number of rotatable bonds is 6. The van der Waals surface area contributed by atoms with Gasteiger partial charge in [-0.2, -0.15) is 0 Å². The van der Waals surface area contributed by atoms with E-state index in [4.69, 9.17) is 4.74 Å². The Morgan fingerprint density at radius 3 is 2.65 bits per heavy atom. The predicted octanol–water partition coefficient (Wildman–Crippen LogP) is 4.20. The third-order valence-electron chi connectivity index (χ3n) is 7.14. The van der Waals surface area contributed by atoms with Gasteiger partial charge < -0.3 is 19.5 Å². The molecule has 0 saturated carbocycles. The lowest BCUT2D eigenvalue weighted by molar-refractivity contribution is 0.0562. The fourth-order valence-corrected chi connectivity index (χ4v) is 5.12. The normalized spacial score (nSPS) is 18.7. The molecule has 2 amide bonds. The Bertz CT molecular complexity index is 1410. The van der Waals surface area contributed by atoms with E-state index >= 15 is 0 Å². The van der Waals surface area contributed by atoms with Crippen LogP contribution in [0.25, 0.3) is 0 Å². The van der Waals surface area contributed by atoms with Gasteiger partial charge in [0.1, 0.15) is 23.8 Å². The van der Waals surface area contributed by atoms with Gasteiger partial charge in [0.25, 0.3) is 11.8 Å². The van der Waals surface area contributed by atoms with Crippen molar-refractivity contribution in [3.63, 3.8) is 0 Å². The Kier molecular flexibility index (Phi) is 6.78. The number of ether oxygens (including phenoxy) is 1. The number of amides is 2. The number of halogens is 2. The van der Waals surface area contributed by atoms with Crippen LogP contribution in [0.1, 0.15) is 64.2 Å². The van der Waals surface area contributed by atoms with Crippen molar-refractivity contribution in [2.75, 3.05) is 6.54 Å². The Morgan fingerprint density at radius 2 is 1.89 bits per heavy atom. The van der Waals surface area contributed by atoms with Crippen LogP contribution >= 0.6 is 0 Å². The van der Waals surface area contributed by atoms with Crippen LogP contribution in [0.4, 0.5) is 8.78 Å². The zero-order chi connectivity index (χ0) is 26.1. The zero-order valence-corrected chi connectivity index (χ0v) is 20.4. The minimum absolute atomic E-state index is 0.0441. The van der Waals surface area contributed by atoms with Gasteiger partial charge in [0.15, 0.2) is 11.4 Å². The first-order valence-corrected chi connectivity index (χ1v) is 12.3. The second-order valence-corrected chi connectivity index (χ2v) is 9.45. The molecular formula is C28H27F2N3O4. The van der Waals surface area contributed by atoms with Crippen molar-refractivity contribution in [1.29, 1.82) is 0 Å². The second-order valence-electron chi connectivity index (χ2n) is 9.45. The lowest BCUT2D eigenvalue weighted by Crippen LogP contribution is -2.50. The Balaban J connectivity index is 1.54. The molecule has 1 aromatic heterocycles. The van der Waals surface area contributed by atoms with Gasteiger partial charge in [0, 0.05) is 37.0 Å². The fourth-order valence-electron chi connectivity index (χ4n) is 5.12. The predicted molar refractivity (Wildman–Crippen MR) is 132 cm³/mol. The maximum Gasteiger partial charge on any atom is 0.274 e. The minimum atomic E-state index is -0.799. The largest absolute Gasteiger partial charge is 0.483 e. The highest BCUT2D eigenvalue weighted by Gasteiger charge is 2.41. The molecule has 2 aliphatic rings. The number of hydrogen-bond donors (Lipinski definition) is 1. The van der Waals surface area contributed by atoms with E-state index in [1.165, 1.54) is 12.3 Å². The van der Waals surface area contributed by atoms with Crippen LogP contribution < -0.4 is 15.5 Å². The van der Waals surface area contributed by atoms with Crippen LogP contribution in [0.15, 0.2) is 59.5 Å². The molecule has 0 aliphatic carbocycles. The van der Waals surface area contributed by atoms with Gasteiger partial charge in [-0.3, -0.25) is 14.4 Å². The summed E-state index contributed by atoms with van der Waals surface area (Å²) < 4.78 is 35.0. The van der Waals surface area contributed by atoms with Gasteiger partial charge in [-0.1, -0.05) is 36.4 Å². The van der Waals surface area contributed by atoms with Crippen molar-refractivity contribution in [3.8, 4) is 5.75 Å². The molecule has 0 radical (unpaired) electrons. The summed E-state index contributed by atoms with van der Waals surface area (Å²) >= 11 is 0. The standard InChI is InChI=1S/C28H27F2N3O4/c1-17-23-9-5-6-12-32(17)28(36)24-26(37-16-18-7-3-2-4-8-18)25(34)21(15-33(23)24)27(35)31-14-19-10-11-20(29)13-22(19)30/h2-4,7-8,10-11,13,15,17,23H,5-6,9,12,14,16H2,1H3,(H,31,35)/t17-,23+/m0/s1. The van der Waals surface area contributed by atoms with E-state index in [0.29, 0.717) is 6.54 Å². The first-order chi connectivity index (χ1) is 17.8. The average Bonchev–Trinajstić information content (AvgIpc) is 3.04. The lowest BCUT2D eigenvalue weighted by atomic mass is 9.99. The summed E-state index contributed by atoms with van der Waals surface area (Å²) in [6.07, 6.45) is 3.95. The van der Waals surface area contributed by atoms with Crippen molar-refractivity contribution in [1.82, 2.24) is 14.8 Å². The maximum absolute atomic E-state index is 14.1. The van der Waals surface area contributed by atoms with Gasteiger partial charge in [-0.05, 0) is 37.8 Å². The Hall–Kier alpha value is -4.01. The summed E-state index contributed by atoms with van der Waals surface area (Å²) in [5.74, 6) is -2.72. The van der Waals surface area contributed by atoms with Gasteiger partial charge in [0.05, 0.1) is 6.04 Å². The lowest BCUT2D eigenvalue weighted by Gasteiger charge is -2.40. The van der Waals surface area contributed by atoms with E-state index in [-0.39, 0.29) is 53.7 Å². The molecule has 3 heterocycles. The first kappa shape index (κ1) is 24.7. The van der Waals surface area contributed by atoms with E-state index < -0.39 is 23.0 Å². The molecule has 2 atom stereocenters.